The van der Waals surface area contributed by atoms with E-state index in [0.29, 0.717) is 31.2 Å². The number of nitrogens with zero attached hydrogens (tertiary/aromatic N) is 2. The van der Waals surface area contributed by atoms with E-state index < -0.39 is 24.9 Å². The molecule has 252 valence electrons. The highest BCUT2D eigenvalue weighted by atomic mass is 35.5. The van der Waals surface area contributed by atoms with Crippen LogP contribution in [0, 0.1) is 0 Å². The number of aldehydes is 2. The second-order valence-corrected chi connectivity index (χ2v) is 11.9. The molecule has 46 heavy (non-hydrogen) atoms. The number of carbonyl (C=O) groups excluding carboxylic acids is 4. The molecule has 0 saturated carbocycles. The molecule has 0 bridgehead atoms. The van der Waals surface area contributed by atoms with Gasteiger partial charge in [0.15, 0.2) is 0 Å². The Kier molecular flexibility index (Phi) is 13.1. The third kappa shape index (κ3) is 9.94. The number of alkyl halides is 6. The Morgan fingerprint density at radius 2 is 1.15 bits per heavy atom. The van der Waals surface area contributed by atoms with Crippen molar-refractivity contribution in [2.75, 3.05) is 39.3 Å². The molecule has 6 rings (SSSR count). The van der Waals surface area contributed by atoms with Crippen molar-refractivity contribution in [1.82, 2.24) is 20.4 Å². The van der Waals surface area contributed by atoms with Crippen molar-refractivity contribution >= 4 is 70.8 Å². The summed E-state index contributed by atoms with van der Waals surface area (Å²) < 4.78 is 62.5. The van der Waals surface area contributed by atoms with E-state index in [1.54, 1.807) is 12.1 Å². The average Bonchev–Trinajstić information content (AvgIpc) is 3.01. The van der Waals surface area contributed by atoms with Crippen LogP contribution in [0.1, 0.15) is 31.8 Å². The molecule has 2 amide bonds. The number of fused-ring (bicyclic) bond motifs is 4. The lowest BCUT2D eigenvalue weighted by atomic mass is 9.92. The summed E-state index contributed by atoms with van der Waals surface area (Å²) >= 11 is 24.1. The van der Waals surface area contributed by atoms with Crippen LogP contribution in [-0.2, 0) is 22.4 Å². The van der Waals surface area contributed by atoms with E-state index in [9.17, 15) is 35.9 Å². The lowest BCUT2D eigenvalue weighted by molar-refractivity contribution is -0.156. The summed E-state index contributed by atoms with van der Waals surface area (Å²) in [4.78, 5) is 45.9. The van der Waals surface area contributed by atoms with Crippen LogP contribution in [0.25, 0.3) is 0 Å². The molecule has 2 aromatic carbocycles. The molecule has 18 heteroatoms. The Balaban J connectivity index is 0.000000187. The fraction of sp³-hybridized carbons (Fsp3) is 0.429. The highest BCUT2D eigenvalue weighted by molar-refractivity contribution is 6.44. The minimum atomic E-state index is -4.64. The van der Waals surface area contributed by atoms with E-state index in [0.717, 1.165) is 63.2 Å². The third-order valence-corrected chi connectivity index (χ3v) is 8.70. The molecule has 2 fully saturated rings. The zero-order chi connectivity index (χ0) is 34.4. The van der Waals surface area contributed by atoms with Crippen molar-refractivity contribution in [1.29, 1.82) is 0 Å². The molecular weight excluding hydrogens is 712 g/mol. The van der Waals surface area contributed by atoms with Gasteiger partial charge in [0, 0.05) is 56.9 Å². The fourth-order valence-corrected chi connectivity index (χ4v) is 5.95. The summed E-state index contributed by atoms with van der Waals surface area (Å²) in [6.07, 6.45) is -9.70. The first-order valence-corrected chi connectivity index (χ1v) is 15.0. The normalized spacial score (nSPS) is 20.1. The molecule has 8 nitrogen and oxygen atoms in total. The molecule has 2 aromatic rings. The van der Waals surface area contributed by atoms with Crippen LogP contribution in [0.2, 0.25) is 20.1 Å². The summed E-state index contributed by atoms with van der Waals surface area (Å²) in [6, 6.07) is 7.69. The summed E-state index contributed by atoms with van der Waals surface area (Å²) in [5.74, 6) is 0.0987. The van der Waals surface area contributed by atoms with Crippen molar-refractivity contribution in [3.63, 3.8) is 0 Å². The number of halogens is 10. The predicted molar refractivity (Wildman–Crippen MR) is 160 cm³/mol. The molecule has 4 heterocycles. The van der Waals surface area contributed by atoms with Gasteiger partial charge in [-0.3, -0.25) is 19.2 Å². The van der Waals surface area contributed by atoms with E-state index in [1.165, 1.54) is 0 Å². The summed E-state index contributed by atoms with van der Waals surface area (Å²) in [5, 5.41) is 8.44. The maximum Gasteiger partial charge on any atom is 0.446 e. The largest absolute Gasteiger partial charge is 0.446 e. The number of nitrogens with one attached hydrogen (secondary N) is 2. The number of hydrogen-bond donors (Lipinski definition) is 2. The summed E-state index contributed by atoms with van der Waals surface area (Å²) in [5.41, 5.74) is 3.32. The number of hydrogen-bond acceptors (Lipinski definition) is 6. The lowest BCUT2D eigenvalue weighted by Gasteiger charge is -2.40. The van der Waals surface area contributed by atoms with Crippen LogP contribution in [0.5, 0.6) is 0 Å². The van der Waals surface area contributed by atoms with Gasteiger partial charge in [0.05, 0.1) is 25.7 Å². The van der Waals surface area contributed by atoms with E-state index in [-0.39, 0.29) is 23.9 Å². The first kappa shape index (κ1) is 37.8. The van der Waals surface area contributed by atoms with Gasteiger partial charge in [-0.05, 0) is 42.2 Å². The second kappa shape index (κ2) is 16.0. The molecule has 4 aliphatic heterocycles. The van der Waals surface area contributed by atoms with E-state index in [2.05, 4.69) is 10.6 Å². The molecule has 2 saturated heterocycles. The molecule has 2 atom stereocenters. The Hall–Kier alpha value is -2.62. The topological polar surface area (TPSA) is 98.8 Å². The van der Waals surface area contributed by atoms with Crippen LogP contribution >= 0.6 is 46.4 Å². The molecule has 0 aliphatic carbocycles. The van der Waals surface area contributed by atoms with Crippen LogP contribution in [0.3, 0.4) is 0 Å². The molecular formula is C28H26Cl4F6N4O4. The van der Waals surface area contributed by atoms with Gasteiger partial charge < -0.3 is 20.4 Å². The third-order valence-electron chi connectivity index (χ3n) is 7.17. The number of piperazine rings is 2. The first-order chi connectivity index (χ1) is 21.5. The Bertz CT molecular complexity index is 1440. The van der Waals surface area contributed by atoms with Gasteiger partial charge in [-0.1, -0.05) is 52.5 Å². The van der Waals surface area contributed by atoms with E-state index in [1.807, 2.05) is 21.9 Å². The average molecular weight is 738 g/mol. The zero-order valence-electron chi connectivity index (χ0n) is 23.6. The second-order valence-electron chi connectivity index (χ2n) is 10.3. The lowest BCUT2D eigenvalue weighted by Crippen LogP contribution is -2.56. The maximum absolute atomic E-state index is 12.4. The SMILES string of the molecule is O=C1c2c(ccc(Cl)c2Cl)C[C@@H]2CNCCN12.O=C1c2cc(Cl)c(Cl)cc2C[C@@H]2CNCCN12.O=CC(F)(F)F.O=CC(F)(F)F. The Labute approximate surface area is 279 Å². The maximum atomic E-state index is 12.4. The van der Waals surface area contributed by atoms with Gasteiger partial charge in [-0.25, -0.2) is 0 Å². The minimum Gasteiger partial charge on any atom is -0.333 e. The Morgan fingerprint density at radius 1 is 0.696 bits per heavy atom. The fourth-order valence-electron chi connectivity index (χ4n) is 5.18. The number of carbonyl (C=O) groups is 4. The molecule has 2 N–H and O–H groups in total. The van der Waals surface area contributed by atoms with Gasteiger partial charge in [-0.2, -0.15) is 26.3 Å². The zero-order valence-corrected chi connectivity index (χ0v) is 26.6. The van der Waals surface area contributed by atoms with Gasteiger partial charge in [0.1, 0.15) is 0 Å². The van der Waals surface area contributed by atoms with Crippen molar-refractivity contribution in [3.8, 4) is 0 Å². The quantitative estimate of drug-likeness (QED) is 0.277. The number of benzene rings is 2. The molecule has 0 radical (unpaired) electrons. The standard InChI is InChI=1S/2C12H12Cl2N2O.2C2HF3O/c13-10-4-7-3-8-6-15-1-2-16(8)12(17)9(7)5-11(10)14;13-9-2-1-7-5-8-6-15-3-4-16(8)12(17)10(7)11(9)14;2*3-2(4,5)1-6/h4-5,8,15H,1-3,6H2;1-2,8,15H,3-6H2;2*1H/t2*8-;;/m11../s1. The van der Waals surface area contributed by atoms with Gasteiger partial charge in [0.2, 0.25) is 12.6 Å². The van der Waals surface area contributed by atoms with Crippen LogP contribution in [0.4, 0.5) is 26.3 Å². The van der Waals surface area contributed by atoms with Gasteiger partial charge >= 0.3 is 12.4 Å². The summed E-state index contributed by atoms with van der Waals surface area (Å²) in [6.45, 7) is 4.92. The monoisotopic (exact) mass is 736 g/mol. The molecule has 4 aliphatic rings. The number of rotatable bonds is 0. The van der Waals surface area contributed by atoms with Crippen molar-refractivity contribution in [2.24, 2.45) is 0 Å². The molecule has 0 aromatic heterocycles. The van der Waals surface area contributed by atoms with Crippen LogP contribution in [0.15, 0.2) is 24.3 Å². The molecule has 0 unspecified atom stereocenters. The predicted octanol–water partition coefficient (Wildman–Crippen LogP) is 5.42. The van der Waals surface area contributed by atoms with Crippen LogP contribution in [-0.4, -0.2) is 97.9 Å². The Morgan fingerprint density at radius 3 is 1.65 bits per heavy atom. The molecule has 0 spiro atoms. The highest BCUT2D eigenvalue weighted by Crippen LogP contribution is 2.34. The van der Waals surface area contributed by atoms with Gasteiger partial charge in [-0.15, -0.1) is 0 Å². The summed E-state index contributed by atoms with van der Waals surface area (Å²) in [7, 11) is 0. The first-order valence-electron chi connectivity index (χ1n) is 13.5. The van der Waals surface area contributed by atoms with Crippen molar-refractivity contribution in [3.05, 3.63) is 66.6 Å². The minimum absolute atomic E-state index is 0.0188. The van der Waals surface area contributed by atoms with E-state index in [4.69, 9.17) is 56.0 Å². The van der Waals surface area contributed by atoms with Crippen molar-refractivity contribution in [2.45, 2.75) is 37.3 Å². The highest BCUT2D eigenvalue weighted by Gasteiger charge is 2.36. The smallest absolute Gasteiger partial charge is 0.333 e. The number of amides is 2. The van der Waals surface area contributed by atoms with Crippen LogP contribution < -0.4 is 10.6 Å². The van der Waals surface area contributed by atoms with E-state index >= 15 is 0 Å². The van der Waals surface area contributed by atoms with Crippen molar-refractivity contribution < 1.29 is 45.5 Å². The van der Waals surface area contributed by atoms with Gasteiger partial charge in [0.25, 0.3) is 11.8 Å².